The van der Waals surface area contributed by atoms with E-state index >= 15 is 0 Å². The van der Waals surface area contributed by atoms with E-state index in [0.717, 1.165) is 34.0 Å². The van der Waals surface area contributed by atoms with Crippen molar-refractivity contribution in [1.82, 2.24) is 37.8 Å². The Bertz CT molecular complexity index is 7780. The SMILES string of the molecule is CC(=O)C=C(C)O.CC(C)c1cccc(C(C)C)c1-n1ccnc1-c1[c-]cccc1.Cc1cc[c-]c(-c2ccc3ccc(C)cc3n2)c1.[Ir].[Ir].c1ccc2c(c1)c1ccccc1n2-c1ccc2sc3c(-n4c5ccccc5c5ccccc54)nccc3c2c1.c1ccc2c(c1)c1ccccc1n2-c1ccc2sc3ccc(-n4c5ccccc5c5ccccc54)cc3c2c1. The molecule has 128 heavy (non-hydrogen) atoms. The number of hydrogen-bond acceptors (Lipinski definition) is 7. The number of ketones is 1. The molecule has 14 heteroatoms. The predicted octanol–water partition coefficient (Wildman–Crippen LogP) is 30.8. The number of carbonyl (C=O) groups is 1. The Kier molecular flexibility index (Phi) is 24.1. The second-order valence-electron chi connectivity index (χ2n) is 32.8. The molecule has 0 saturated heterocycles. The quantitative estimate of drug-likeness (QED) is 0.0835. The Morgan fingerprint density at radius 1 is 0.375 bits per heavy atom. The Morgan fingerprint density at radius 3 is 1.20 bits per heavy atom. The molecule has 15 aromatic carbocycles. The van der Waals surface area contributed by atoms with Crippen molar-refractivity contribution in [1.29, 1.82) is 0 Å². The van der Waals surface area contributed by atoms with E-state index in [-0.39, 0.29) is 51.8 Å². The normalized spacial score (nSPS) is 11.6. The molecule has 0 aliphatic rings. The van der Waals surface area contributed by atoms with Crippen molar-refractivity contribution in [3.63, 3.8) is 0 Å². The van der Waals surface area contributed by atoms with Gasteiger partial charge in [0, 0.05) is 166 Å². The van der Waals surface area contributed by atoms with E-state index in [4.69, 9.17) is 15.1 Å². The van der Waals surface area contributed by atoms with Crippen molar-refractivity contribution in [2.45, 2.75) is 67.2 Å². The van der Waals surface area contributed by atoms with Crippen LogP contribution in [0.25, 0.3) is 190 Å². The molecule has 0 fully saturated rings. The Morgan fingerprint density at radius 2 is 0.781 bits per heavy atom. The van der Waals surface area contributed by atoms with E-state index in [9.17, 15) is 4.79 Å². The summed E-state index contributed by atoms with van der Waals surface area (Å²) < 4.78 is 16.9. The van der Waals surface area contributed by atoms with Crippen molar-refractivity contribution >= 4 is 167 Å². The molecule has 0 aliphatic heterocycles. The maximum absolute atomic E-state index is 10.0. The largest absolute Gasteiger partial charge is 0.512 e. The smallest absolute Gasteiger partial charge is 0.155 e. The van der Waals surface area contributed by atoms with Crippen LogP contribution in [0, 0.1) is 26.0 Å². The van der Waals surface area contributed by atoms with E-state index in [2.05, 4.69) is 409 Å². The summed E-state index contributed by atoms with van der Waals surface area (Å²) in [7, 11) is 0. The third-order valence-corrected chi connectivity index (χ3v) is 26.1. The summed E-state index contributed by atoms with van der Waals surface area (Å²) in [5.74, 6) is 2.79. The summed E-state index contributed by atoms with van der Waals surface area (Å²) in [6.07, 6.45) is 7.06. The number of allylic oxidation sites excluding steroid dienone is 2. The van der Waals surface area contributed by atoms with E-state index in [1.807, 2.05) is 59.3 Å². The number of thiophene rings is 2. The third-order valence-electron chi connectivity index (χ3n) is 23.8. The number of rotatable bonds is 10. The minimum absolute atomic E-state index is 0. The molecular formula is C114H88Ir2N8O2S2-2. The van der Waals surface area contributed by atoms with Crippen molar-refractivity contribution in [2.24, 2.45) is 0 Å². The molecule has 0 aliphatic carbocycles. The van der Waals surface area contributed by atoms with Crippen molar-refractivity contribution in [2.75, 3.05) is 0 Å². The number of imidazole rings is 1. The van der Waals surface area contributed by atoms with Crippen LogP contribution in [0.2, 0.25) is 0 Å². The van der Waals surface area contributed by atoms with Crippen molar-refractivity contribution in [3.05, 3.63) is 411 Å². The summed E-state index contributed by atoms with van der Waals surface area (Å²) in [5.41, 5.74) is 23.9. The summed E-state index contributed by atoms with van der Waals surface area (Å²) >= 11 is 3.69. The molecule has 24 rings (SSSR count). The molecule has 9 heterocycles. The molecule has 10 nitrogen and oxygen atoms in total. The van der Waals surface area contributed by atoms with Gasteiger partial charge in [0.15, 0.2) is 11.6 Å². The number of aliphatic hydroxyl groups excluding tert-OH is 1. The fraction of sp³-hybridized carbons (Fsp3) is 0.0877. The van der Waals surface area contributed by atoms with E-state index in [1.54, 1.807) is 0 Å². The number of nitrogens with zero attached hydrogens (tertiary/aromatic N) is 8. The molecule has 0 atom stereocenters. The Labute approximate surface area is 777 Å². The van der Waals surface area contributed by atoms with E-state index in [1.165, 1.54) is 198 Å². The zero-order chi connectivity index (χ0) is 85.8. The third kappa shape index (κ3) is 15.9. The molecule has 24 aromatic rings. The number of hydrogen-bond donors (Lipinski definition) is 1. The Hall–Kier alpha value is -13.8. The average Bonchev–Trinajstić information content (AvgIpc) is 1.59. The topological polar surface area (TPSA) is 101 Å². The first-order valence-corrected chi connectivity index (χ1v) is 44.4. The molecule has 2 radical (unpaired) electrons. The van der Waals surface area contributed by atoms with Gasteiger partial charge in [-0.15, -0.1) is 94.0 Å². The van der Waals surface area contributed by atoms with Gasteiger partial charge in [-0.05, 0) is 176 Å². The number of para-hydroxylation sites is 9. The van der Waals surface area contributed by atoms with Gasteiger partial charge in [0.05, 0.1) is 65.9 Å². The van der Waals surface area contributed by atoms with Crippen LogP contribution < -0.4 is 0 Å². The van der Waals surface area contributed by atoms with Gasteiger partial charge in [0.25, 0.3) is 0 Å². The van der Waals surface area contributed by atoms with Crippen LogP contribution in [0.4, 0.5) is 0 Å². The number of fused-ring (bicyclic) bond motifs is 19. The molecule has 0 unspecified atom stereocenters. The number of aliphatic hydroxyl groups is 1. The molecule has 0 saturated carbocycles. The molecular weight excluding hydrogens is 1960 g/mol. The van der Waals surface area contributed by atoms with Crippen LogP contribution in [0.15, 0.2) is 376 Å². The van der Waals surface area contributed by atoms with Gasteiger partial charge < -0.3 is 23.4 Å². The number of aromatic nitrogens is 8. The minimum atomic E-state index is -0.125. The molecule has 628 valence electrons. The molecule has 1 N–H and O–H groups in total. The molecule has 0 amide bonds. The number of benzene rings is 15. The molecule has 0 bridgehead atoms. The van der Waals surface area contributed by atoms with Crippen LogP contribution in [0.1, 0.15) is 75.6 Å². The van der Waals surface area contributed by atoms with Gasteiger partial charge in [-0.2, -0.15) is 0 Å². The first kappa shape index (κ1) is 85.0. The van der Waals surface area contributed by atoms with E-state index in [0.29, 0.717) is 11.8 Å². The monoisotopic (exact) mass is 2050 g/mol. The maximum atomic E-state index is 10.0. The van der Waals surface area contributed by atoms with Crippen molar-refractivity contribution < 1.29 is 50.1 Å². The minimum Gasteiger partial charge on any atom is -0.512 e. The summed E-state index contributed by atoms with van der Waals surface area (Å²) in [4.78, 5) is 24.3. The summed E-state index contributed by atoms with van der Waals surface area (Å²) in [6, 6.07) is 130. The van der Waals surface area contributed by atoms with Crippen LogP contribution in [0.3, 0.4) is 0 Å². The number of pyridine rings is 2. The van der Waals surface area contributed by atoms with E-state index < -0.39 is 0 Å². The fourth-order valence-corrected chi connectivity index (χ4v) is 20.4. The molecule has 0 spiro atoms. The zero-order valence-electron chi connectivity index (χ0n) is 71.8. The fourth-order valence-electron chi connectivity index (χ4n) is 18.2. The van der Waals surface area contributed by atoms with Gasteiger partial charge in [-0.3, -0.25) is 19.3 Å². The second-order valence-corrected chi connectivity index (χ2v) is 34.9. The Balaban J connectivity index is 0.000000116. The van der Waals surface area contributed by atoms with Gasteiger partial charge in [0.2, 0.25) is 0 Å². The van der Waals surface area contributed by atoms with Crippen LogP contribution in [-0.2, 0) is 45.0 Å². The van der Waals surface area contributed by atoms with Crippen LogP contribution in [-0.4, -0.2) is 48.7 Å². The number of aryl methyl sites for hydroxylation is 2. The molecule has 9 aromatic heterocycles. The predicted molar refractivity (Wildman–Crippen MR) is 532 cm³/mol. The summed E-state index contributed by atoms with van der Waals surface area (Å²) in [6.45, 7) is 16.0. The first-order valence-electron chi connectivity index (χ1n) is 42.8. The van der Waals surface area contributed by atoms with Gasteiger partial charge >= 0.3 is 0 Å². The maximum Gasteiger partial charge on any atom is 0.155 e. The van der Waals surface area contributed by atoms with Gasteiger partial charge in [-0.1, -0.05) is 223 Å². The van der Waals surface area contributed by atoms with Gasteiger partial charge in [-0.25, -0.2) is 4.98 Å². The summed E-state index contributed by atoms with van der Waals surface area (Å²) in [5, 5.41) is 24.9. The number of carbonyl (C=O) groups excluding carboxylic acids is 1. The zero-order valence-corrected chi connectivity index (χ0v) is 78.2. The first-order chi connectivity index (χ1) is 61.7. The average molecular weight is 2050 g/mol. The standard InChI is InChI=1S/C36H22N2S.C35H21N3S.C21H23N2.C17H14N.C5H8O2.2Ir/c1-5-13-31-25(9-1)26-10-2-6-14-32(26)37(31)23-17-19-35-29(21-23)30-22-24(18-20-36(30)39-35)38-33-15-7-3-11-27(33)28-12-4-8-16-34(28)38;1-5-13-29-23(9-1)24-10-2-6-14-30(24)37(29)22-17-18-33-28(21-22)27-19-20-36-35(34(27)39-33)38-31-15-7-3-11-25(31)26-12-4-8-16-32(26)38;1-15(2)18-11-8-12-19(16(3)4)20(18)23-14-13-22-21(23)17-9-6-5-7-10-17;1-12-4-3-5-15(10-12)16-9-8-14-7-6-13(2)11-17(14)18-16;1-4(6)3-5(2)7;;/h1-22H;1-21H;5-9,11-16H,1-4H3;3-4,6-11H,1-2H3;3,6H,1-2H3;;/q;;2*-1;;;. The van der Waals surface area contributed by atoms with Crippen LogP contribution in [0.5, 0.6) is 0 Å². The van der Waals surface area contributed by atoms with Crippen LogP contribution >= 0.6 is 22.7 Å². The van der Waals surface area contributed by atoms with Gasteiger partial charge in [0.1, 0.15) is 0 Å². The second kappa shape index (κ2) is 36.3. The van der Waals surface area contributed by atoms with Crippen molar-refractivity contribution in [3.8, 4) is 51.2 Å².